The second-order valence-electron chi connectivity index (χ2n) is 5.96. The predicted molar refractivity (Wildman–Crippen MR) is 111 cm³/mol. The van der Waals surface area contributed by atoms with Crippen LogP contribution in [0.1, 0.15) is 10.4 Å². The van der Waals surface area contributed by atoms with Gasteiger partial charge in [-0.05, 0) is 42.5 Å². The van der Waals surface area contributed by atoms with Crippen LogP contribution < -0.4 is 15.2 Å². The highest BCUT2D eigenvalue weighted by molar-refractivity contribution is 7.89. The Morgan fingerprint density at radius 2 is 1.90 bits per heavy atom. The lowest BCUT2D eigenvalue weighted by atomic mass is 10.2. The number of methoxy groups -OCH3 is 1. The van der Waals surface area contributed by atoms with E-state index in [-0.39, 0.29) is 10.5 Å². The Morgan fingerprint density at radius 1 is 1.17 bits per heavy atom. The number of thiazole rings is 1. The zero-order valence-electron chi connectivity index (χ0n) is 15.7. The van der Waals surface area contributed by atoms with E-state index in [0.717, 1.165) is 17.4 Å². The van der Waals surface area contributed by atoms with Crippen molar-refractivity contribution in [3.05, 3.63) is 59.5 Å². The second-order valence-corrected chi connectivity index (χ2v) is 8.38. The fourth-order valence-electron chi connectivity index (χ4n) is 2.40. The molecule has 0 fully saturated rings. The molecule has 11 heteroatoms. The maximum Gasteiger partial charge on any atom is 0.338 e. The van der Waals surface area contributed by atoms with Crippen LogP contribution in [0.3, 0.4) is 0 Å². The number of sulfonamides is 1. The summed E-state index contributed by atoms with van der Waals surface area (Å²) in [6.45, 7) is -0.560. The summed E-state index contributed by atoms with van der Waals surface area (Å²) < 4.78 is 32.8. The molecule has 156 valence electrons. The van der Waals surface area contributed by atoms with Crippen LogP contribution in [-0.2, 0) is 19.6 Å². The van der Waals surface area contributed by atoms with Gasteiger partial charge in [-0.2, -0.15) is 0 Å². The van der Waals surface area contributed by atoms with Crippen LogP contribution in [0.15, 0.2) is 58.8 Å². The van der Waals surface area contributed by atoms with Gasteiger partial charge in [0.15, 0.2) is 11.7 Å². The third-order valence-corrected chi connectivity index (χ3v) is 5.54. The van der Waals surface area contributed by atoms with Crippen molar-refractivity contribution in [1.29, 1.82) is 0 Å². The monoisotopic (exact) mass is 447 g/mol. The zero-order chi connectivity index (χ0) is 21.7. The van der Waals surface area contributed by atoms with Crippen LogP contribution in [0.2, 0.25) is 0 Å². The molecule has 1 heterocycles. The number of hydrogen-bond donors (Lipinski definition) is 2. The van der Waals surface area contributed by atoms with Crippen LogP contribution in [-0.4, -0.2) is 39.0 Å². The Morgan fingerprint density at radius 3 is 2.57 bits per heavy atom. The highest BCUT2D eigenvalue weighted by Gasteiger charge is 2.15. The van der Waals surface area contributed by atoms with Crippen molar-refractivity contribution in [2.75, 3.05) is 19.0 Å². The zero-order valence-corrected chi connectivity index (χ0v) is 17.3. The lowest BCUT2D eigenvalue weighted by molar-refractivity contribution is -0.119. The van der Waals surface area contributed by atoms with Gasteiger partial charge in [-0.15, -0.1) is 11.3 Å². The minimum atomic E-state index is -3.96. The minimum Gasteiger partial charge on any atom is -0.497 e. The Balaban J connectivity index is 1.57. The lowest BCUT2D eigenvalue weighted by Gasteiger charge is -2.06. The molecule has 1 amide bonds. The average molecular weight is 447 g/mol. The van der Waals surface area contributed by atoms with E-state index in [0.29, 0.717) is 10.8 Å². The number of benzene rings is 2. The van der Waals surface area contributed by atoms with Crippen molar-refractivity contribution < 1.29 is 27.5 Å². The van der Waals surface area contributed by atoms with Crippen molar-refractivity contribution in [2.24, 2.45) is 5.14 Å². The van der Waals surface area contributed by atoms with Crippen molar-refractivity contribution in [2.45, 2.75) is 4.90 Å². The molecule has 3 N–H and O–H groups in total. The number of carbonyl (C=O) groups excluding carboxylic acids is 2. The van der Waals surface area contributed by atoms with E-state index in [1.165, 1.54) is 29.5 Å². The van der Waals surface area contributed by atoms with Crippen LogP contribution >= 0.6 is 11.3 Å². The number of carbonyl (C=O) groups is 2. The van der Waals surface area contributed by atoms with Gasteiger partial charge >= 0.3 is 5.97 Å². The largest absolute Gasteiger partial charge is 0.497 e. The summed E-state index contributed by atoms with van der Waals surface area (Å²) in [5, 5.41) is 9.71. The molecule has 0 unspecified atom stereocenters. The van der Waals surface area contributed by atoms with E-state index < -0.39 is 28.5 Å². The summed E-state index contributed by atoms with van der Waals surface area (Å²) in [7, 11) is -2.38. The summed E-state index contributed by atoms with van der Waals surface area (Å²) in [6.07, 6.45) is 0. The molecule has 0 aliphatic carbocycles. The van der Waals surface area contributed by atoms with Gasteiger partial charge in [0, 0.05) is 10.9 Å². The van der Waals surface area contributed by atoms with Crippen molar-refractivity contribution in [1.82, 2.24) is 4.98 Å². The molecule has 1 aromatic heterocycles. The number of nitrogens with two attached hydrogens (primary N) is 1. The first-order chi connectivity index (χ1) is 14.3. The Bertz CT molecular complexity index is 1170. The second kappa shape index (κ2) is 9.03. The molecule has 0 atom stereocenters. The number of rotatable bonds is 7. The SMILES string of the molecule is COc1ccc(-c2csc(NC(=O)COC(=O)c3cccc(S(N)(=O)=O)c3)n2)cc1. The first kappa shape index (κ1) is 21.4. The Kier molecular flexibility index (Phi) is 6.45. The van der Waals surface area contributed by atoms with Gasteiger partial charge in [0.2, 0.25) is 10.0 Å². The normalized spacial score (nSPS) is 11.0. The molecule has 0 radical (unpaired) electrons. The number of nitrogens with zero attached hydrogens (tertiary/aromatic N) is 1. The van der Waals surface area contributed by atoms with Crippen LogP contribution in [0.25, 0.3) is 11.3 Å². The predicted octanol–water partition coefficient (Wildman–Crippen LogP) is 2.26. The first-order valence-electron chi connectivity index (χ1n) is 8.46. The van der Waals surface area contributed by atoms with Crippen molar-refractivity contribution in [3.8, 4) is 17.0 Å². The maximum absolute atomic E-state index is 12.1. The third-order valence-electron chi connectivity index (χ3n) is 3.87. The lowest BCUT2D eigenvalue weighted by Crippen LogP contribution is -2.21. The molecular weight excluding hydrogens is 430 g/mol. The number of nitrogens with one attached hydrogen (secondary N) is 1. The van der Waals surface area contributed by atoms with E-state index in [1.54, 1.807) is 24.6 Å². The third kappa shape index (κ3) is 5.41. The van der Waals surface area contributed by atoms with Gasteiger partial charge in [0.1, 0.15) is 5.75 Å². The number of amides is 1. The first-order valence-corrected chi connectivity index (χ1v) is 10.9. The molecule has 0 aliphatic rings. The summed E-state index contributed by atoms with van der Waals surface area (Å²) in [6, 6.07) is 12.3. The van der Waals surface area contributed by atoms with Crippen LogP contribution in [0, 0.1) is 0 Å². The minimum absolute atomic E-state index is 0.0367. The standard InChI is InChI=1S/C19H17N3O6S2/c1-27-14-7-5-12(6-8-14)16-11-29-19(21-16)22-17(23)10-28-18(24)13-3-2-4-15(9-13)30(20,25)26/h2-9,11H,10H2,1H3,(H2,20,25,26)(H,21,22,23). The van der Waals surface area contributed by atoms with Gasteiger partial charge < -0.3 is 9.47 Å². The van der Waals surface area contributed by atoms with Gasteiger partial charge in [0.05, 0.1) is 23.3 Å². The number of esters is 1. The van der Waals surface area contributed by atoms with Crippen LogP contribution in [0.5, 0.6) is 5.75 Å². The van der Waals surface area contributed by atoms with E-state index in [9.17, 15) is 18.0 Å². The Labute approximate surface area is 176 Å². The molecule has 3 aromatic rings. The summed E-state index contributed by atoms with van der Waals surface area (Å²) in [5.41, 5.74) is 1.49. The molecule has 2 aromatic carbocycles. The Hall–Kier alpha value is -3.28. The fraction of sp³-hybridized carbons (Fsp3) is 0.105. The van der Waals surface area contributed by atoms with E-state index in [4.69, 9.17) is 14.6 Å². The molecule has 0 saturated heterocycles. The van der Waals surface area contributed by atoms with Gasteiger partial charge in [-0.25, -0.2) is 23.3 Å². The topological polar surface area (TPSA) is 138 Å². The quantitative estimate of drug-likeness (QED) is 0.530. The molecule has 0 saturated carbocycles. The fourth-order valence-corrected chi connectivity index (χ4v) is 3.69. The molecule has 9 nitrogen and oxygen atoms in total. The average Bonchev–Trinajstić information content (AvgIpc) is 3.20. The molecule has 30 heavy (non-hydrogen) atoms. The number of ether oxygens (including phenoxy) is 2. The maximum atomic E-state index is 12.1. The van der Waals surface area contributed by atoms with E-state index in [2.05, 4.69) is 10.3 Å². The van der Waals surface area contributed by atoms with Crippen molar-refractivity contribution in [3.63, 3.8) is 0 Å². The van der Waals surface area contributed by atoms with E-state index >= 15 is 0 Å². The highest BCUT2D eigenvalue weighted by atomic mass is 32.2. The van der Waals surface area contributed by atoms with Crippen molar-refractivity contribution >= 4 is 38.4 Å². The summed E-state index contributed by atoms with van der Waals surface area (Å²) >= 11 is 1.22. The van der Waals surface area contributed by atoms with Gasteiger partial charge in [0.25, 0.3) is 5.91 Å². The summed E-state index contributed by atoms with van der Waals surface area (Å²) in [4.78, 5) is 28.2. The van der Waals surface area contributed by atoms with E-state index in [1.807, 2.05) is 12.1 Å². The summed E-state index contributed by atoms with van der Waals surface area (Å²) in [5.74, 6) is -0.714. The number of anilines is 1. The molecule has 0 aliphatic heterocycles. The smallest absolute Gasteiger partial charge is 0.338 e. The number of hydrogen-bond acceptors (Lipinski definition) is 8. The number of primary sulfonamides is 1. The molecule has 3 rings (SSSR count). The van der Waals surface area contributed by atoms with Gasteiger partial charge in [-0.1, -0.05) is 6.07 Å². The molecular formula is C19H17N3O6S2. The molecule has 0 spiro atoms. The number of aromatic nitrogens is 1. The molecule has 0 bridgehead atoms. The highest BCUT2D eigenvalue weighted by Crippen LogP contribution is 2.26. The van der Waals surface area contributed by atoms with Crippen LogP contribution in [0.4, 0.5) is 5.13 Å². The van der Waals surface area contributed by atoms with Gasteiger partial charge in [-0.3, -0.25) is 10.1 Å².